The van der Waals surface area contributed by atoms with E-state index in [2.05, 4.69) is 4.90 Å². The molecule has 2 aliphatic heterocycles. The van der Waals surface area contributed by atoms with E-state index in [-0.39, 0.29) is 5.91 Å². The third-order valence-corrected chi connectivity index (χ3v) is 5.51. The predicted molar refractivity (Wildman–Crippen MR) is 105 cm³/mol. The second-order valence-corrected chi connectivity index (χ2v) is 7.30. The van der Waals surface area contributed by atoms with Crippen molar-refractivity contribution in [2.45, 2.75) is 32.1 Å². The van der Waals surface area contributed by atoms with E-state index >= 15 is 0 Å². The van der Waals surface area contributed by atoms with Gasteiger partial charge in [-0.3, -0.25) is 4.79 Å². The number of carboxylic acid groups (broad SMARTS) is 1. The summed E-state index contributed by atoms with van der Waals surface area (Å²) in [6, 6.07) is 13.0. The fraction of sp³-hybridized carbons (Fsp3) is 0.364. The van der Waals surface area contributed by atoms with Crippen molar-refractivity contribution in [3.63, 3.8) is 0 Å². The number of nitrogens with zero attached hydrogens (tertiary/aromatic N) is 2. The molecule has 0 saturated carbocycles. The molecular weight excluding hydrogens is 340 g/mol. The minimum Gasteiger partial charge on any atom is -0.478 e. The monoisotopic (exact) mass is 364 g/mol. The molecule has 1 saturated heterocycles. The van der Waals surface area contributed by atoms with E-state index in [0.29, 0.717) is 5.56 Å². The number of likely N-dealkylation sites (tertiary alicyclic amines) is 1. The van der Waals surface area contributed by atoms with Crippen molar-refractivity contribution >= 4 is 23.3 Å². The van der Waals surface area contributed by atoms with Gasteiger partial charge in [-0.2, -0.15) is 0 Å². The lowest BCUT2D eigenvalue weighted by molar-refractivity contribution is 0.0694. The predicted octanol–water partition coefficient (Wildman–Crippen LogP) is 4.10. The van der Waals surface area contributed by atoms with Crippen molar-refractivity contribution < 1.29 is 14.7 Å². The van der Waals surface area contributed by atoms with Crippen molar-refractivity contribution in [2.75, 3.05) is 24.5 Å². The number of fused-ring (bicyclic) bond motifs is 1. The maximum Gasteiger partial charge on any atom is 0.335 e. The van der Waals surface area contributed by atoms with E-state index in [9.17, 15) is 9.59 Å². The molecule has 0 spiro atoms. The fourth-order valence-electron chi connectivity index (χ4n) is 4.06. The molecule has 2 aromatic rings. The maximum atomic E-state index is 12.8. The Morgan fingerprint density at radius 1 is 0.815 bits per heavy atom. The number of benzene rings is 2. The Labute approximate surface area is 159 Å². The Balaban J connectivity index is 1.59. The molecule has 5 nitrogen and oxygen atoms in total. The number of aryl methyl sites for hydroxylation is 1. The highest BCUT2D eigenvalue weighted by molar-refractivity contribution is 5.95. The Bertz CT molecular complexity index is 854. The molecule has 1 amide bonds. The molecule has 0 aliphatic carbocycles. The number of rotatable bonds is 3. The summed E-state index contributed by atoms with van der Waals surface area (Å²) < 4.78 is 0. The Hall–Kier alpha value is -2.82. The van der Waals surface area contributed by atoms with Crippen molar-refractivity contribution in [1.82, 2.24) is 4.90 Å². The number of hydrogen-bond acceptors (Lipinski definition) is 3. The van der Waals surface area contributed by atoms with Gasteiger partial charge in [0.1, 0.15) is 0 Å². The normalized spacial score (nSPS) is 16.7. The number of aromatic carboxylic acids is 1. The van der Waals surface area contributed by atoms with Gasteiger partial charge in [-0.05, 0) is 80.1 Å². The average molecular weight is 364 g/mol. The zero-order chi connectivity index (χ0) is 18.8. The van der Waals surface area contributed by atoms with Crippen molar-refractivity contribution in [3.05, 3.63) is 59.2 Å². The summed E-state index contributed by atoms with van der Waals surface area (Å²) in [6.07, 6.45) is 5.37. The van der Waals surface area contributed by atoms with Crippen LogP contribution in [0.3, 0.4) is 0 Å². The fourth-order valence-corrected chi connectivity index (χ4v) is 4.06. The van der Waals surface area contributed by atoms with Crippen LogP contribution in [0.2, 0.25) is 0 Å². The van der Waals surface area contributed by atoms with Crippen LogP contribution in [0.4, 0.5) is 11.4 Å². The van der Waals surface area contributed by atoms with E-state index in [1.54, 1.807) is 12.1 Å². The van der Waals surface area contributed by atoms with Gasteiger partial charge in [-0.15, -0.1) is 0 Å². The average Bonchev–Trinajstić information content (AvgIpc) is 2.73. The van der Waals surface area contributed by atoms with E-state index in [0.717, 1.165) is 62.3 Å². The Morgan fingerprint density at radius 3 is 2.22 bits per heavy atom. The van der Waals surface area contributed by atoms with Gasteiger partial charge in [-0.1, -0.05) is 0 Å². The van der Waals surface area contributed by atoms with Crippen LogP contribution in [0.25, 0.3) is 0 Å². The topological polar surface area (TPSA) is 60.9 Å². The van der Waals surface area contributed by atoms with Crippen molar-refractivity contribution in [3.8, 4) is 0 Å². The minimum atomic E-state index is -0.915. The van der Waals surface area contributed by atoms with Crippen LogP contribution in [0.15, 0.2) is 42.5 Å². The number of carbonyl (C=O) groups is 2. The highest BCUT2D eigenvalue weighted by atomic mass is 16.4. The summed E-state index contributed by atoms with van der Waals surface area (Å²) in [5.74, 6) is -0.776. The summed E-state index contributed by atoms with van der Waals surface area (Å²) in [5, 5.41) is 9.08. The Morgan fingerprint density at radius 2 is 1.52 bits per heavy atom. The van der Waals surface area contributed by atoms with Crippen LogP contribution < -0.4 is 4.90 Å². The van der Waals surface area contributed by atoms with Gasteiger partial charge >= 0.3 is 5.97 Å². The number of anilines is 2. The molecule has 1 fully saturated rings. The van der Waals surface area contributed by atoms with Crippen LogP contribution in [0.5, 0.6) is 0 Å². The molecular formula is C22H24N2O3. The smallest absolute Gasteiger partial charge is 0.335 e. The molecule has 0 aromatic heterocycles. The molecule has 2 aliphatic rings. The molecule has 1 N–H and O–H groups in total. The lowest BCUT2D eigenvalue weighted by Crippen LogP contribution is -2.35. The van der Waals surface area contributed by atoms with Gasteiger partial charge in [0.25, 0.3) is 5.91 Å². The van der Waals surface area contributed by atoms with E-state index < -0.39 is 5.97 Å². The molecule has 140 valence electrons. The lowest BCUT2D eigenvalue weighted by Gasteiger charge is -2.32. The van der Waals surface area contributed by atoms with Gasteiger partial charge in [0.2, 0.25) is 0 Å². The summed E-state index contributed by atoms with van der Waals surface area (Å²) in [7, 11) is 0. The third kappa shape index (κ3) is 3.54. The molecule has 2 aromatic carbocycles. The van der Waals surface area contributed by atoms with E-state index in [1.807, 2.05) is 35.2 Å². The first kappa shape index (κ1) is 17.6. The molecule has 0 radical (unpaired) electrons. The molecule has 5 heteroatoms. The van der Waals surface area contributed by atoms with Crippen molar-refractivity contribution in [2.24, 2.45) is 0 Å². The quantitative estimate of drug-likeness (QED) is 0.891. The highest BCUT2D eigenvalue weighted by Gasteiger charge is 2.23. The second kappa shape index (κ2) is 7.43. The van der Waals surface area contributed by atoms with Gasteiger partial charge in [0.15, 0.2) is 0 Å². The molecule has 27 heavy (non-hydrogen) atoms. The largest absolute Gasteiger partial charge is 0.478 e. The number of piperidine rings is 1. The molecule has 4 rings (SSSR count). The zero-order valence-corrected chi connectivity index (χ0v) is 15.4. The first-order valence-corrected chi connectivity index (χ1v) is 9.66. The van der Waals surface area contributed by atoms with E-state index in [4.69, 9.17) is 5.11 Å². The van der Waals surface area contributed by atoms with E-state index in [1.165, 1.54) is 12.0 Å². The highest BCUT2D eigenvalue weighted by Crippen LogP contribution is 2.34. The molecule has 0 unspecified atom stereocenters. The lowest BCUT2D eigenvalue weighted by atomic mass is 9.97. The number of hydrogen-bond donors (Lipinski definition) is 1. The van der Waals surface area contributed by atoms with Gasteiger partial charge < -0.3 is 14.9 Å². The van der Waals surface area contributed by atoms with Crippen molar-refractivity contribution in [1.29, 1.82) is 0 Å². The number of carboxylic acids is 1. The summed E-state index contributed by atoms with van der Waals surface area (Å²) in [6.45, 7) is 2.61. The number of carbonyl (C=O) groups excluding carboxylic acids is 1. The van der Waals surface area contributed by atoms with Crippen LogP contribution in [-0.4, -0.2) is 41.5 Å². The first-order valence-electron chi connectivity index (χ1n) is 9.66. The third-order valence-electron chi connectivity index (χ3n) is 5.51. The van der Waals surface area contributed by atoms with Crippen LogP contribution >= 0.6 is 0 Å². The molecule has 0 bridgehead atoms. The second-order valence-electron chi connectivity index (χ2n) is 7.30. The molecule has 2 heterocycles. The summed E-state index contributed by atoms with van der Waals surface area (Å²) in [4.78, 5) is 28.0. The van der Waals surface area contributed by atoms with Gasteiger partial charge in [-0.25, -0.2) is 4.79 Å². The summed E-state index contributed by atoms with van der Waals surface area (Å²) in [5.41, 5.74) is 4.35. The van der Waals surface area contributed by atoms with Crippen LogP contribution in [0.1, 0.15) is 52.0 Å². The van der Waals surface area contributed by atoms with Crippen LogP contribution in [0, 0.1) is 0 Å². The summed E-state index contributed by atoms with van der Waals surface area (Å²) >= 11 is 0. The Kier molecular flexibility index (Phi) is 4.84. The van der Waals surface area contributed by atoms with Gasteiger partial charge in [0.05, 0.1) is 5.56 Å². The number of amides is 1. The zero-order valence-electron chi connectivity index (χ0n) is 15.4. The first-order chi connectivity index (χ1) is 13.1. The SMILES string of the molecule is O=C(O)c1ccc(N2CCCc3cc(C(=O)N4CCCCC4)ccc32)cc1. The standard InChI is InChI=1S/C22H24N2O3/c25-21(23-12-2-1-3-13-23)18-8-11-20-17(15-18)5-4-14-24(20)19-9-6-16(7-10-19)22(26)27/h6-11,15H,1-5,12-14H2,(H,26,27). The maximum absolute atomic E-state index is 12.8. The van der Waals surface area contributed by atoms with Gasteiger partial charge in [0, 0.05) is 36.6 Å². The minimum absolute atomic E-state index is 0.139. The molecule has 0 atom stereocenters. The van der Waals surface area contributed by atoms with Crippen LogP contribution in [-0.2, 0) is 6.42 Å².